The smallest absolute Gasteiger partial charge is 0.201 e. The summed E-state index contributed by atoms with van der Waals surface area (Å²) in [5, 5.41) is 0. The maximum Gasteiger partial charge on any atom is 0.212 e. The first-order chi connectivity index (χ1) is 41.7. The van der Waals surface area contributed by atoms with Crippen molar-refractivity contribution in [1.29, 1.82) is 0 Å². The van der Waals surface area contributed by atoms with Crippen LogP contribution in [0.1, 0.15) is 209 Å². The summed E-state index contributed by atoms with van der Waals surface area (Å²) in [5.41, 5.74) is 27.7. The number of aryl methyl sites for hydroxylation is 9. The van der Waals surface area contributed by atoms with Gasteiger partial charge >= 0.3 is 0 Å². The Hall–Kier alpha value is -6.52. The Balaban J connectivity index is 0.000000169. The van der Waals surface area contributed by atoms with Crippen molar-refractivity contribution in [3.8, 4) is 45.0 Å². The number of aromatic nitrogens is 4. The minimum atomic E-state index is -2.07. The molecule has 0 bridgehead atoms. The first-order valence-corrected chi connectivity index (χ1v) is 32.6. The summed E-state index contributed by atoms with van der Waals surface area (Å²) >= 11 is 0. The molecule has 0 unspecified atom stereocenters. The van der Waals surface area contributed by atoms with Gasteiger partial charge in [-0.15, -0.1) is 0 Å². The Morgan fingerprint density at radius 3 is 1.09 bits per heavy atom. The fourth-order valence-corrected chi connectivity index (χ4v) is 13.4. The van der Waals surface area contributed by atoms with E-state index in [9.17, 15) is 0 Å². The third-order valence-corrected chi connectivity index (χ3v) is 18.0. The van der Waals surface area contributed by atoms with Crippen LogP contribution in [0.25, 0.3) is 45.0 Å². The van der Waals surface area contributed by atoms with Crippen molar-refractivity contribution in [2.75, 3.05) is 0 Å². The molecule has 2 aliphatic rings. The maximum absolute atomic E-state index is 7.69. The number of hydrogen-bond acceptors (Lipinski definition) is 0. The Morgan fingerprint density at radius 2 is 0.721 bits per heavy atom. The molecule has 8 aromatic rings. The van der Waals surface area contributed by atoms with Gasteiger partial charge in [-0.2, -0.15) is 4.57 Å². The van der Waals surface area contributed by atoms with Crippen LogP contribution in [0.4, 0.5) is 0 Å². The van der Waals surface area contributed by atoms with Crippen molar-refractivity contribution >= 4 is 0 Å². The lowest BCUT2D eigenvalue weighted by Crippen LogP contribution is -2.36. The fraction of sp³-hybridized carbons (Fsp3) is 0.463. The van der Waals surface area contributed by atoms with Crippen molar-refractivity contribution in [2.45, 2.75) is 207 Å². The number of hydrogen-bond donors (Lipinski definition) is 0. The van der Waals surface area contributed by atoms with Gasteiger partial charge in [0.25, 0.3) is 0 Å². The highest BCUT2D eigenvalue weighted by atomic mass is 15.0. The summed E-state index contributed by atoms with van der Waals surface area (Å²) in [6.07, 6.45) is 22.7. The summed E-state index contributed by atoms with van der Waals surface area (Å²) in [6, 6.07) is 43.7. The van der Waals surface area contributed by atoms with Crippen molar-refractivity contribution < 1.29 is 22.4 Å². The zero-order valence-corrected chi connectivity index (χ0v) is 57.2. The summed E-state index contributed by atoms with van der Waals surface area (Å²) in [7, 11) is 8.48. The van der Waals surface area contributed by atoms with Gasteiger partial charge in [0.15, 0.2) is 24.3 Å². The summed E-state index contributed by atoms with van der Waals surface area (Å²) in [5.74, 6) is 1.54. The van der Waals surface area contributed by atoms with Gasteiger partial charge in [0.2, 0.25) is 22.8 Å². The van der Waals surface area contributed by atoms with Crippen LogP contribution < -0.4 is 18.3 Å². The molecule has 4 heteroatoms. The third kappa shape index (κ3) is 17.6. The van der Waals surface area contributed by atoms with Gasteiger partial charge in [-0.1, -0.05) is 168 Å². The van der Waals surface area contributed by atoms with E-state index in [-0.39, 0.29) is 5.41 Å². The van der Waals surface area contributed by atoms with E-state index in [1.165, 1.54) is 124 Å². The van der Waals surface area contributed by atoms with Gasteiger partial charge in [0.05, 0.1) is 0 Å². The molecule has 4 nitrogen and oxygen atoms in total. The quantitative estimate of drug-likeness (QED) is 0.121. The fourth-order valence-electron chi connectivity index (χ4n) is 13.4. The normalized spacial score (nSPS) is 14.5. The van der Waals surface area contributed by atoms with E-state index in [0.29, 0.717) is 16.4 Å². The first kappa shape index (κ1) is 62.5. The highest BCUT2D eigenvalue weighted by Crippen LogP contribution is 2.40. The number of benzene rings is 4. The minimum absolute atomic E-state index is 0.287. The third-order valence-electron chi connectivity index (χ3n) is 18.0. The molecule has 0 saturated heterocycles. The van der Waals surface area contributed by atoms with E-state index in [2.05, 4.69) is 253 Å². The van der Waals surface area contributed by atoms with E-state index >= 15 is 0 Å². The standard InChI is InChI=1S/C23H32N.C23H34N.C20H26N.C16H20N/c1-17-10-6-9-13-20(17)22-14-21(18-11-7-8-12-18)19(16-24(22)5)15-23(2,3)4;1-17-11-9-10-12-20(17)21-13-18(14-22(2,3)4)19(16-24(21)8)15-23(5,6)7;1-4-16-14-21(3)20(18-12-8-5-9-15(18)2)13-19(16)17-10-6-7-11-17;1-11-8-6-7-9-15(11)16-10-12(2)13(3)14(4)17(16)5/h6,9-10,13-14,16,18H,7-8,11-12,15H2,1-5H3;9-13,16H,14-15H2,1-8H3;5,8-9,12-14,17H,4,6-7,10-11H2,1-3H3;6-10H,1-5H3/q4*+1/i;;;3D3. The molecule has 0 atom stereocenters. The van der Waals surface area contributed by atoms with Crippen LogP contribution in [0, 0.1) is 64.6 Å². The lowest BCUT2D eigenvalue weighted by atomic mass is 9.81. The molecule has 2 aliphatic carbocycles. The molecule has 10 rings (SSSR count). The van der Waals surface area contributed by atoms with Crippen LogP contribution in [0.2, 0.25) is 0 Å². The average molecular weight is 1160 g/mol. The molecule has 2 fully saturated rings. The summed E-state index contributed by atoms with van der Waals surface area (Å²) in [4.78, 5) is 0. The van der Waals surface area contributed by atoms with Crippen molar-refractivity contribution in [3.05, 3.63) is 212 Å². The molecule has 0 aliphatic heterocycles. The second-order valence-corrected chi connectivity index (χ2v) is 29.3. The van der Waals surface area contributed by atoms with Crippen LogP contribution in [0.3, 0.4) is 0 Å². The molecule has 0 radical (unpaired) electrons. The van der Waals surface area contributed by atoms with Gasteiger partial charge in [-0.3, -0.25) is 0 Å². The van der Waals surface area contributed by atoms with Crippen molar-refractivity contribution in [2.24, 2.45) is 44.4 Å². The monoisotopic (exact) mass is 1160 g/mol. The molecular weight excluding hydrogens is 1040 g/mol. The van der Waals surface area contributed by atoms with Crippen LogP contribution in [-0.4, -0.2) is 0 Å². The number of nitrogens with zero attached hydrogens (tertiary/aromatic N) is 4. The molecule has 0 amide bonds. The molecule has 456 valence electrons. The van der Waals surface area contributed by atoms with E-state index in [4.69, 9.17) is 4.11 Å². The molecule has 0 spiro atoms. The predicted molar refractivity (Wildman–Crippen MR) is 367 cm³/mol. The van der Waals surface area contributed by atoms with E-state index in [0.717, 1.165) is 60.0 Å². The second kappa shape index (κ2) is 29.0. The van der Waals surface area contributed by atoms with Crippen LogP contribution in [0.5, 0.6) is 0 Å². The highest BCUT2D eigenvalue weighted by molar-refractivity contribution is 5.65. The Kier molecular flexibility index (Phi) is 21.1. The molecule has 4 heterocycles. The second-order valence-electron chi connectivity index (χ2n) is 29.3. The first-order valence-electron chi connectivity index (χ1n) is 34.1. The lowest BCUT2D eigenvalue weighted by molar-refractivity contribution is -0.667. The summed E-state index contributed by atoms with van der Waals surface area (Å²) in [6.45, 7) is 33.6. The number of rotatable bonds is 10. The van der Waals surface area contributed by atoms with Gasteiger partial charge in [0.1, 0.15) is 28.2 Å². The van der Waals surface area contributed by atoms with Gasteiger partial charge in [-0.25, -0.2) is 13.7 Å². The SMILES string of the molecule is CCc1c[n+](C)c(-c2ccccc2C)cc1C1CCCC1.Cc1ccccc1-c1cc(C2CCCC2)c(CC(C)(C)C)c[n+]1C.Cc1ccccc1-c1cc(CC(C)(C)C)c(CC(C)(C)C)c[n+]1C.[2H]C([2H])([2H])c1c(C)cc(-c2ccccc2C)[n+](C)c1C. The molecular formula is C82H112N4+4. The number of pyridine rings is 4. The van der Waals surface area contributed by atoms with E-state index in [1.54, 1.807) is 16.7 Å². The molecule has 4 aromatic carbocycles. The van der Waals surface area contributed by atoms with E-state index in [1.807, 2.05) is 43.7 Å². The Morgan fingerprint density at radius 1 is 0.395 bits per heavy atom. The lowest BCUT2D eigenvalue weighted by Gasteiger charge is -2.24. The Bertz CT molecular complexity index is 3700. The van der Waals surface area contributed by atoms with Gasteiger partial charge < -0.3 is 0 Å². The molecule has 0 N–H and O–H groups in total. The van der Waals surface area contributed by atoms with Crippen molar-refractivity contribution in [3.63, 3.8) is 0 Å². The molecule has 4 aromatic heterocycles. The maximum atomic E-state index is 7.69. The van der Waals surface area contributed by atoms with Gasteiger partial charge in [0, 0.05) is 79.8 Å². The van der Waals surface area contributed by atoms with Gasteiger partial charge in [-0.05, 0) is 190 Å². The zero-order valence-electron chi connectivity index (χ0n) is 60.2. The predicted octanol–water partition coefficient (Wildman–Crippen LogP) is 19.5. The molecule has 86 heavy (non-hydrogen) atoms. The van der Waals surface area contributed by atoms with Crippen molar-refractivity contribution in [1.82, 2.24) is 0 Å². The van der Waals surface area contributed by atoms with Crippen LogP contribution >= 0.6 is 0 Å². The van der Waals surface area contributed by atoms with Crippen LogP contribution in [-0.2, 0) is 53.9 Å². The Labute approximate surface area is 528 Å². The molecule has 2 saturated carbocycles. The zero-order chi connectivity index (χ0) is 65.3. The summed E-state index contributed by atoms with van der Waals surface area (Å²) < 4.78 is 32.0. The topological polar surface area (TPSA) is 15.5 Å². The minimum Gasteiger partial charge on any atom is -0.201 e. The van der Waals surface area contributed by atoms with Crippen LogP contribution in [0.15, 0.2) is 140 Å². The highest BCUT2D eigenvalue weighted by Gasteiger charge is 2.29. The average Bonchev–Trinajstić information content (AvgIpc) is 3.08. The largest absolute Gasteiger partial charge is 0.212 e. The van der Waals surface area contributed by atoms with E-state index < -0.39 is 6.85 Å².